The SMILES string of the molecule is O=C(O)c1ccccc1O.[NaH].[NaH].[NaH].[NaH]. The Hall–Kier alpha value is 2.49. The molecule has 0 saturated heterocycles. The average Bonchev–Trinajstić information content (AvgIpc) is 1.88. The van der Waals surface area contributed by atoms with Crippen molar-refractivity contribution in [2.45, 2.75) is 0 Å². The molecule has 0 radical (unpaired) electrons. The van der Waals surface area contributed by atoms with Crippen LogP contribution < -0.4 is 0 Å². The van der Waals surface area contributed by atoms with E-state index in [0.29, 0.717) is 0 Å². The zero-order valence-electron chi connectivity index (χ0n) is 5.11. The molecule has 0 saturated carbocycles. The summed E-state index contributed by atoms with van der Waals surface area (Å²) >= 11 is 0. The van der Waals surface area contributed by atoms with Crippen LogP contribution in [0.1, 0.15) is 10.4 Å². The number of hydrogen-bond acceptors (Lipinski definition) is 2. The van der Waals surface area contributed by atoms with Crippen LogP contribution in [0.15, 0.2) is 24.3 Å². The van der Waals surface area contributed by atoms with Crippen molar-refractivity contribution in [2.75, 3.05) is 0 Å². The minimum atomic E-state index is -1.11. The molecule has 0 bridgehead atoms. The van der Waals surface area contributed by atoms with Crippen LogP contribution in [0.3, 0.4) is 0 Å². The second-order valence-corrected chi connectivity index (χ2v) is 1.82. The molecule has 0 fully saturated rings. The second kappa shape index (κ2) is 13.6. The van der Waals surface area contributed by atoms with E-state index in [9.17, 15) is 4.79 Å². The van der Waals surface area contributed by atoms with Crippen LogP contribution in [-0.2, 0) is 0 Å². The molecular formula is C7H10Na4O3. The van der Waals surface area contributed by atoms with Gasteiger partial charge in [-0.3, -0.25) is 0 Å². The van der Waals surface area contributed by atoms with E-state index in [1.54, 1.807) is 12.1 Å². The van der Waals surface area contributed by atoms with E-state index >= 15 is 0 Å². The predicted molar refractivity (Wildman–Crippen MR) is 63.7 cm³/mol. The van der Waals surface area contributed by atoms with E-state index in [1.165, 1.54) is 12.1 Å². The normalized spacial score (nSPS) is 6.57. The molecule has 7 heteroatoms. The van der Waals surface area contributed by atoms with Crippen LogP contribution in [0.5, 0.6) is 5.75 Å². The van der Waals surface area contributed by atoms with Gasteiger partial charge in [0.05, 0.1) is 0 Å². The number of carboxylic acid groups (broad SMARTS) is 1. The van der Waals surface area contributed by atoms with Crippen LogP contribution in [-0.4, -0.2) is 134 Å². The number of rotatable bonds is 1. The Morgan fingerprint density at radius 1 is 1.00 bits per heavy atom. The summed E-state index contributed by atoms with van der Waals surface area (Å²) < 4.78 is 0. The second-order valence-electron chi connectivity index (χ2n) is 1.82. The van der Waals surface area contributed by atoms with Crippen LogP contribution in [0.25, 0.3) is 0 Å². The van der Waals surface area contributed by atoms with E-state index in [1.807, 2.05) is 0 Å². The molecule has 0 heterocycles. The van der Waals surface area contributed by atoms with Gasteiger partial charge in [-0.05, 0) is 12.1 Å². The summed E-state index contributed by atoms with van der Waals surface area (Å²) in [5.74, 6) is -1.31. The van der Waals surface area contributed by atoms with Crippen molar-refractivity contribution in [3.8, 4) is 5.75 Å². The van der Waals surface area contributed by atoms with Gasteiger partial charge in [-0.2, -0.15) is 0 Å². The minimum absolute atomic E-state index is 0. The molecule has 2 N–H and O–H groups in total. The Labute approximate surface area is 171 Å². The third kappa shape index (κ3) is 8.62. The number of phenols is 1. The van der Waals surface area contributed by atoms with Gasteiger partial charge in [0, 0.05) is 0 Å². The number of carbonyl (C=O) groups is 1. The van der Waals surface area contributed by atoms with Gasteiger partial charge in [0.1, 0.15) is 11.3 Å². The summed E-state index contributed by atoms with van der Waals surface area (Å²) in [6.07, 6.45) is 0. The van der Waals surface area contributed by atoms with E-state index in [4.69, 9.17) is 10.2 Å². The first-order valence-electron chi connectivity index (χ1n) is 2.73. The summed E-state index contributed by atoms with van der Waals surface area (Å²) in [5.41, 5.74) is -0.0671. The van der Waals surface area contributed by atoms with Crippen LogP contribution in [0, 0.1) is 0 Å². The Morgan fingerprint density at radius 2 is 1.43 bits per heavy atom. The van der Waals surface area contributed by atoms with E-state index in [2.05, 4.69) is 0 Å². The van der Waals surface area contributed by atoms with Gasteiger partial charge in [-0.25, -0.2) is 4.79 Å². The number of hydrogen-bond donors (Lipinski definition) is 2. The summed E-state index contributed by atoms with van der Waals surface area (Å²) in [6, 6.07) is 5.81. The van der Waals surface area contributed by atoms with E-state index in [-0.39, 0.29) is 130 Å². The van der Waals surface area contributed by atoms with Crippen molar-refractivity contribution >= 4 is 124 Å². The van der Waals surface area contributed by atoms with Gasteiger partial charge in [0.2, 0.25) is 0 Å². The van der Waals surface area contributed by atoms with Crippen molar-refractivity contribution in [1.82, 2.24) is 0 Å². The number of aromatic carboxylic acids is 1. The predicted octanol–water partition coefficient (Wildman–Crippen LogP) is -1.50. The first kappa shape index (κ1) is 25.4. The fourth-order valence-electron chi connectivity index (χ4n) is 0.654. The molecule has 3 nitrogen and oxygen atoms in total. The van der Waals surface area contributed by atoms with Crippen molar-refractivity contribution in [3.63, 3.8) is 0 Å². The fraction of sp³-hybridized carbons (Fsp3) is 0. The topological polar surface area (TPSA) is 57.5 Å². The maximum atomic E-state index is 10.3. The van der Waals surface area contributed by atoms with Gasteiger partial charge in [-0.15, -0.1) is 0 Å². The van der Waals surface area contributed by atoms with Gasteiger partial charge < -0.3 is 10.2 Å². The monoisotopic (exact) mass is 234 g/mol. The van der Waals surface area contributed by atoms with Crippen LogP contribution in [0.4, 0.5) is 0 Å². The summed E-state index contributed by atoms with van der Waals surface area (Å²) in [5, 5.41) is 17.3. The number of carboxylic acids is 1. The molecule has 0 unspecified atom stereocenters. The van der Waals surface area contributed by atoms with Crippen molar-refractivity contribution in [3.05, 3.63) is 29.8 Å². The molecule has 0 aliphatic rings. The quantitative estimate of drug-likeness (QED) is 0.581. The zero-order chi connectivity index (χ0) is 7.56. The maximum absolute atomic E-state index is 10.3. The zero-order valence-corrected chi connectivity index (χ0v) is 5.11. The molecule has 1 rings (SSSR count). The van der Waals surface area contributed by atoms with Crippen molar-refractivity contribution in [1.29, 1.82) is 0 Å². The van der Waals surface area contributed by atoms with Crippen molar-refractivity contribution in [2.24, 2.45) is 0 Å². The molecule has 60 valence electrons. The van der Waals surface area contributed by atoms with Gasteiger partial charge in [-0.1, -0.05) is 12.1 Å². The van der Waals surface area contributed by atoms with Gasteiger partial charge in [0.25, 0.3) is 0 Å². The summed E-state index contributed by atoms with van der Waals surface area (Å²) in [6.45, 7) is 0. The van der Waals surface area contributed by atoms with Crippen molar-refractivity contribution < 1.29 is 15.0 Å². The van der Waals surface area contributed by atoms with Crippen LogP contribution >= 0.6 is 0 Å². The van der Waals surface area contributed by atoms with Crippen LogP contribution in [0.2, 0.25) is 0 Å². The number of aromatic hydroxyl groups is 1. The van der Waals surface area contributed by atoms with Gasteiger partial charge >= 0.3 is 124 Å². The Balaban J connectivity index is -0.000000125. The molecule has 0 aliphatic carbocycles. The van der Waals surface area contributed by atoms with E-state index < -0.39 is 5.97 Å². The Morgan fingerprint density at radius 3 is 1.71 bits per heavy atom. The molecule has 0 aliphatic heterocycles. The molecular weight excluding hydrogens is 224 g/mol. The molecule has 0 amide bonds. The summed E-state index contributed by atoms with van der Waals surface area (Å²) in [7, 11) is 0. The molecule has 14 heavy (non-hydrogen) atoms. The molecule has 0 spiro atoms. The third-order valence-corrected chi connectivity index (χ3v) is 1.13. The third-order valence-electron chi connectivity index (χ3n) is 1.13. The fourth-order valence-corrected chi connectivity index (χ4v) is 0.654. The molecule has 0 aromatic heterocycles. The first-order valence-corrected chi connectivity index (χ1v) is 2.73. The number of benzene rings is 1. The Bertz CT molecular complexity index is 267. The summed E-state index contributed by atoms with van der Waals surface area (Å²) in [4.78, 5) is 10.3. The molecule has 1 aromatic rings. The standard InChI is InChI=1S/C7H6O3.4Na.4H/c8-6-4-2-1-3-5(6)7(9)10;;;;;;;;/h1-4,8H,(H,9,10);;;;;;;;. The number of para-hydroxylation sites is 1. The Kier molecular flexibility index (Phi) is 24.6. The van der Waals surface area contributed by atoms with Gasteiger partial charge in [0.15, 0.2) is 0 Å². The van der Waals surface area contributed by atoms with E-state index in [0.717, 1.165) is 0 Å². The molecule has 1 aromatic carbocycles. The molecule has 0 atom stereocenters. The average molecular weight is 234 g/mol. The first-order chi connectivity index (χ1) is 4.72.